The second kappa shape index (κ2) is 6.83. The lowest BCUT2D eigenvalue weighted by Gasteiger charge is -2.36. The van der Waals surface area contributed by atoms with Crippen molar-refractivity contribution in [3.8, 4) is 11.6 Å². The summed E-state index contributed by atoms with van der Waals surface area (Å²) in [6.45, 7) is 6.31. The van der Waals surface area contributed by atoms with Gasteiger partial charge in [-0.3, -0.25) is 0 Å². The molecule has 0 amide bonds. The van der Waals surface area contributed by atoms with Crippen molar-refractivity contribution < 1.29 is 9.47 Å². The zero-order chi connectivity index (χ0) is 15.4. The van der Waals surface area contributed by atoms with Crippen molar-refractivity contribution in [3.63, 3.8) is 0 Å². The quantitative estimate of drug-likeness (QED) is 0.842. The lowest BCUT2D eigenvalue weighted by molar-refractivity contribution is 0.329. The molecule has 0 spiro atoms. The van der Waals surface area contributed by atoms with Crippen LogP contribution in [0, 0.1) is 0 Å². The van der Waals surface area contributed by atoms with Crippen LogP contribution < -0.4 is 19.3 Å². The van der Waals surface area contributed by atoms with Crippen LogP contribution in [0.25, 0.3) is 0 Å². The number of benzene rings is 1. The Morgan fingerprint density at radius 1 is 1.05 bits per heavy atom. The molecular formula is C15H20N4O2S. The van der Waals surface area contributed by atoms with E-state index in [-0.39, 0.29) is 0 Å². The van der Waals surface area contributed by atoms with Gasteiger partial charge in [-0.1, -0.05) is 0 Å². The summed E-state index contributed by atoms with van der Waals surface area (Å²) in [6.07, 6.45) is 0. The predicted octanol–water partition coefficient (Wildman–Crippen LogP) is 2.27. The van der Waals surface area contributed by atoms with Gasteiger partial charge in [0.25, 0.3) is 5.88 Å². The number of piperazine rings is 1. The highest BCUT2D eigenvalue weighted by Gasteiger charge is 2.22. The van der Waals surface area contributed by atoms with Crippen LogP contribution in [0.4, 0.5) is 11.5 Å². The molecule has 2 heterocycles. The Kier molecular flexibility index (Phi) is 4.62. The molecule has 1 fully saturated rings. The fourth-order valence-corrected chi connectivity index (χ4v) is 3.09. The number of anilines is 2. The summed E-state index contributed by atoms with van der Waals surface area (Å²) < 4.78 is 19.3. The van der Waals surface area contributed by atoms with Gasteiger partial charge in [0.1, 0.15) is 5.75 Å². The van der Waals surface area contributed by atoms with E-state index in [2.05, 4.69) is 30.7 Å². The Hall–Kier alpha value is -2.02. The van der Waals surface area contributed by atoms with Crippen molar-refractivity contribution in [1.29, 1.82) is 0 Å². The van der Waals surface area contributed by atoms with Gasteiger partial charge in [0, 0.05) is 31.9 Å². The molecule has 2 aromatic rings. The van der Waals surface area contributed by atoms with Gasteiger partial charge in [-0.2, -0.15) is 4.37 Å². The van der Waals surface area contributed by atoms with Crippen molar-refractivity contribution in [3.05, 3.63) is 24.3 Å². The summed E-state index contributed by atoms with van der Waals surface area (Å²) in [6, 6.07) is 8.20. The highest BCUT2D eigenvalue weighted by atomic mass is 32.1. The molecule has 118 valence electrons. The number of rotatable bonds is 5. The van der Waals surface area contributed by atoms with E-state index >= 15 is 0 Å². The molecule has 0 bridgehead atoms. The fraction of sp³-hybridized carbons (Fsp3) is 0.467. The van der Waals surface area contributed by atoms with E-state index in [0.717, 1.165) is 37.7 Å². The van der Waals surface area contributed by atoms with E-state index in [1.165, 1.54) is 17.4 Å². The lowest BCUT2D eigenvalue weighted by Crippen LogP contribution is -2.46. The maximum atomic E-state index is 5.53. The number of hydrogen-bond donors (Lipinski definition) is 0. The number of aromatic nitrogens is 2. The Morgan fingerprint density at radius 2 is 1.73 bits per heavy atom. The van der Waals surface area contributed by atoms with Gasteiger partial charge in [0.15, 0.2) is 0 Å². The van der Waals surface area contributed by atoms with E-state index in [4.69, 9.17) is 9.47 Å². The SMILES string of the molecule is CCOc1nsnc1N1CCN(c2ccc(OC)cc2)CC1. The first-order valence-electron chi connectivity index (χ1n) is 7.41. The van der Waals surface area contributed by atoms with E-state index < -0.39 is 0 Å². The van der Waals surface area contributed by atoms with Crippen LogP contribution >= 0.6 is 11.7 Å². The monoisotopic (exact) mass is 320 g/mol. The normalized spacial score (nSPS) is 15.0. The van der Waals surface area contributed by atoms with Crippen LogP contribution in [0.1, 0.15) is 6.92 Å². The smallest absolute Gasteiger partial charge is 0.270 e. The Balaban J connectivity index is 1.63. The number of nitrogens with zero attached hydrogens (tertiary/aromatic N) is 4. The van der Waals surface area contributed by atoms with Crippen LogP contribution in [0.5, 0.6) is 11.6 Å². The summed E-state index contributed by atoms with van der Waals surface area (Å²) in [7, 11) is 1.69. The molecule has 6 nitrogen and oxygen atoms in total. The largest absolute Gasteiger partial charge is 0.497 e. The number of ether oxygens (including phenoxy) is 2. The van der Waals surface area contributed by atoms with Gasteiger partial charge in [-0.25, -0.2) is 0 Å². The fourth-order valence-electron chi connectivity index (χ4n) is 2.57. The Labute approximate surface area is 134 Å². The maximum absolute atomic E-state index is 5.53. The van der Waals surface area contributed by atoms with Gasteiger partial charge in [-0.15, -0.1) is 4.37 Å². The van der Waals surface area contributed by atoms with Gasteiger partial charge in [0.05, 0.1) is 25.4 Å². The second-order valence-electron chi connectivity index (χ2n) is 5.00. The van der Waals surface area contributed by atoms with Crippen LogP contribution in [-0.4, -0.2) is 48.6 Å². The molecule has 22 heavy (non-hydrogen) atoms. The first-order chi connectivity index (χ1) is 10.8. The zero-order valence-electron chi connectivity index (χ0n) is 12.9. The Morgan fingerprint density at radius 3 is 2.36 bits per heavy atom. The van der Waals surface area contributed by atoms with E-state index in [1.54, 1.807) is 7.11 Å². The third kappa shape index (κ3) is 3.09. The third-order valence-corrected chi connectivity index (χ3v) is 4.24. The minimum absolute atomic E-state index is 0.615. The van der Waals surface area contributed by atoms with Crippen LogP contribution in [-0.2, 0) is 0 Å². The summed E-state index contributed by atoms with van der Waals surface area (Å²) in [5.41, 5.74) is 1.22. The summed E-state index contributed by atoms with van der Waals surface area (Å²) in [5, 5.41) is 0. The van der Waals surface area contributed by atoms with Gasteiger partial charge in [0.2, 0.25) is 5.82 Å². The number of methoxy groups -OCH3 is 1. The molecule has 1 aliphatic heterocycles. The van der Waals surface area contributed by atoms with Crippen LogP contribution in [0.2, 0.25) is 0 Å². The van der Waals surface area contributed by atoms with Crippen molar-refractivity contribution in [2.75, 3.05) is 49.7 Å². The second-order valence-corrected chi connectivity index (χ2v) is 5.53. The topological polar surface area (TPSA) is 50.7 Å². The molecule has 0 unspecified atom stereocenters. The summed E-state index contributed by atoms with van der Waals surface area (Å²) in [5.74, 6) is 2.42. The average Bonchev–Trinajstić information content (AvgIpc) is 3.04. The molecule has 3 rings (SSSR count). The van der Waals surface area contributed by atoms with E-state index in [0.29, 0.717) is 12.5 Å². The van der Waals surface area contributed by atoms with Crippen LogP contribution in [0.3, 0.4) is 0 Å². The van der Waals surface area contributed by atoms with E-state index in [1.807, 2.05) is 19.1 Å². The maximum Gasteiger partial charge on any atom is 0.270 e. The summed E-state index contributed by atoms with van der Waals surface area (Å²) >= 11 is 1.21. The molecule has 1 aromatic carbocycles. The predicted molar refractivity (Wildman–Crippen MR) is 88.5 cm³/mol. The van der Waals surface area contributed by atoms with Crippen molar-refractivity contribution in [2.24, 2.45) is 0 Å². The lowest BCUT2D eigenvalue weighted by atomic mass is 10.2. The third-order valence-electron chi connectivity index (χ3n) is 3.74. The molecule has 0 radical (unpaired) electrons. The zero-order valence-corrected chi connectivity index (χ0v) is 13.7. The number of hydrogen-bond acceptors (Lipinski definition) is 7. The van der Waals surface area contributed by atoms with Crippen molar-refractivity contribution in [2.45, 2.75) is 6.92 Å². The molecule has 0 atom stereocenters. The highest BCUT2D eigenvalue weighted by Crippen LogP contribution is 2.28. The molecule has 7 heteroatoms. The molecule has 0 aliphatic carbocycles. The molecule has 0 N–H and O–H groups in total. The van der Waals surface area contributed by atoms with Crippen molar-refractivity contribution >= 4 is 23.2 Å². The van der Waals surface area contributed by atoms with Crippen LogP contribution in [0.15, 0.2) is 24.3 Å². The van der Waals surface area contributed by atoms with Gasteiger partial charge >= 0.3 is 0 Å². The standard InChI is InChI=1S/C15H20N4O2S/c1-3-21-15-14(16-22-17-15)19-10-8-18(9-11-19)12-4-6-13(20-2)7-5-12/h4-7H,3,8-11H2,1-2H3. The van der Waals surface area contributed by atoms with Gasteiger partial charge in [-0.05, 0) is 31.2 Å². The molecule has 1 aliphatic rings. The molecular weight excluding hydrogens is 300 g/mol. The first kappa shape index (κ1) is 14.9. The highest BCUT2D eigenvalue weighted by molar-refractivity contribution is 6.99. The molecule has 1 saturated heterocycles. The summed E-state index contributed by atoms with van der Waals surface area (Å²) in [4.78, 5) is 4.62. The molecule has 1 aromatic heterocycles. The van der Waals surface area contributed by atoms with Gasteiger partial charge < -0.3 is 19.3 Å². The molecule has 0 saturated carbocycles. The first-order valence-corrected chi connectivity index (χ1v) is 8.14. The Bertz CT molecular complexity index is 594. The minimum atomic E-state index is 0.615. The average molecular weight is 320 g/mol. The van der Waals surface area contributed by atoms with Crippen molar-refractivity contribution in [1.82, 2.24) is 8.75 Å². The van der Waals surface area contributed by atoms with E-state index in [9.17, 15) is 0 Å². The minimum Gasteiger partial charge on any atom is -0.497 e.